The van der Waals surface area contributed by atoms with Crippen molar-refractivity contribution in [2.75, 3.05) is 0 Å². The molecule has 2 aromatic rings. The molecule has 5 heteroatoms. The number of aryl methyl sites for hydroxylation is 1. The monoisotopic (exact) mass is 354 g/mol. The molecule has 0 aliphatic heterocycles. The van der Waals surface area contributed by atoms with Crippen LogP contribution in [0.4, 0.5) is 0 Å². The SMILES string of the molecule is CCCC(=O)C=Cc1ccccc1.Cc1cc(C(=O)O)cc(C(=O)O)c1. The first kappa shape index (κ1) is 20.8. The fraction of sp³-hybridized carbons (Fsp3) is 0.190. The standard InChI is InChI=1S/C12H14O.C9H8O4/c1-2-6-12(13)10-9-11-7-4-3-5-8-11;1-5-2-6(8(10)11)4-7(3-5)9(12)13/h3-5,7-10H,2,6H2,1H3;2-4H,1H3,(H,10,11)(H,12,13). The minimum absolute atomic E-state index is 0.00241. The van der Waals surface area contributed by atoms with Crippen molar-refractivity contribution in [2.24, 2.45) is 0 Å². The second-order valence-electron chi connectivity index (χ2n) is 5.66. The second-order valence-corrected chi connectivity index (χ2v) is 5.66. The lowest BCUT2D eigenvalue weighted by atomic mass is 10.1. The molecular formula is C21H22O5. The Morgan fingerprint density at radius 3 is 1.92 bits per heavy atom. The first-order chi connectivity index (χ1) is 12.3. The third-order valence-electron chi connectivity index (χ3n) is 3.33. The van der Waals surface area contributed by atoms with Gasteiger partial charge in [0.05, 0.1) is 11.1 Å². The number of rotatable bonds is 6. The molecule has 2 rings (SSSR count). The molecule has 0 heterocycles. The van der Waals surface area contributed by atoms with Gasteiger partial charge in [0.15, 0.2) is 5.78 Å². The molecule has 0 aromatic heterocycles. The predicted octanol–water partition coefficient (Wildman–Crippen LogP) is 4.46. The molecule has 0 atom stereocenters. The van der Waals surface area contributed by atoms with Crippen molar-refractivity contribution in [1.82, 2.24) is 0 Å². The Bertz CT molecular complexity index is 759. The summed E-state index contributed by atoms with van der Waals surface area (Å²) in [6.45, 7) is 3.66. The number of hydrogen-bond acceptors (Lipinski definition) is 3. The normalized spacial score (nSPS) is 10.1. The Morgan fingerprint density at radius 1 is 0.923 bits per heavy atom. The number of benzene rings is 2. The van der Waals surface area contributed by atoms with Crippen molar-refractivity contribution in [3.8, 4) is 0 Å². The summed E-state index contributed by atoms with van der Waals surface area (Å²) < 4.78 is 0. The molecule has 5 nitrogen and oxygen atoms in total. The van der Waals surface area contributed by atoms with E-state index in [0.717, 1.165) is 18.1 Å². The minimum Gasteiger partial charge on any atom is -0.478 e. The van der Waals surface area contributed by atoms with Crippen LogP contribution in [0.5, 0.6) is 0 Å². The zero-order chi connectivity index (χ0) is 19.5. The summed E-state index contributed by atoms with van der Waals surface area (Å²) in [6, 6.07) is 13.8. The molecule has 0 fully saturated rings. The van der Waals surface area contributed by atoms with E-state index in [9.17, 15) is 14.4 Å². The molecule has 0 saturated carbocycles. The van der Waals surface area contributed by atoms with Crippen molar-refractivity contribution in [1.29, 1.82) is 0 Å². The Balaban J connectivity index is 0.000000260. The van der Waals surface area contributed by atoms with E-state index in [-0.39, 0.29) is 16.9 Å². The van der Waals surface area contributed by atoms with Crippen LogP contribution in [-0.4, -0.2) is 27.9 Å². The van der Waals surface area contributed by atoms with Crippen LogP contribution in [0.2, 0.25) is 0 Å². The summed E-state index contributed by atoms with van der Waals surface area (Å²) in [7, 11) is 0. The summed E-state index contributed by atoms with van der Waals surface area (Å²) >= 11 is 0. The fourth-order valence-corrected chi connectivity index (χ4v) is 2.11. The number of ketones is 1. The molecule has 0 radical (unpaired) electrons. The number of carbonyl (C=O) groups excluding carboxylic acids is 1. The Hall–Kier alpha value is -3.21. The molecule has 2 aromatic carbocycles. The van der Waals surface area contributed by atoms with Gasteiger partial charge in [0.25, 0.3) is 0 Å². The van der Waals surface area contributed by atoms with Crippen LogP contribution in [0.15, 0.2) is 54.6 Å². The molecule has 26 heavy (non-hydrogen) atoms. The van der Waals surface area contributed by atoms with Gasteiger partial charge in [-0.2, -0.15) is 0 Å². The molecule has 0 bridgehead atoms. The zero-order valence-electron chi connectivity index (χ0n) is 14.8. The van der Waals surface area contributed by atoms with Crippen LogP contribution in [0.25, 0.3) is 6.08 Å². The lowest BCUT2D eigenvalue weighted by Crippen LogP contribution is -2.02. The van der Waals surface area contributed by atoms with E-state index < -0.39 is 11.9 Å². The molecular weight excluding hydrogens is 332 g/mol. The Labute approximate surface area is 152 Å². The number of carbonyl (C=O) groups is 3. The zero-order valence-corrected chi connectivity index (χ0v) is 14.8. The number of aromatic carboxylic acids is 2. The first-order valence-electron chi connectivity index (χ1n) is 8.17. The first-order valence-corrected chi connectivity index (χ1v) is 8.17. The van der Waals surface area contributed by atoms with Crippen molar-refractivity contribution >= 4 is 23.8 Å². The molecule has 0 spiro atoms. The van der Waals surface area contributed by atoms with E-state index in [4.69, 9.17) is 10.2 Å². The second kappa shape index (κ2) is 10.6. The highest BCUT2D eigenvalue weighted by atomic mass is 16.4. The van der Waals surface area contributed by atoms with Gasteiger partial charge in [-0.1, -0.05) is 43.3 Å². The summed E-state index contributed by atoms with van der Waals surface area (Å²) in [6.07, 6.45) is 5.07. The maximum absolute atomic E-state index is 11.1. The summed E-state index contributed by atoms with van der Waals surface area (Å²) in [4.78, 5) is 32.2. The number of hydrogen-bond donors (Lipinski definition) is 2. The average molecular weight is 354 g/mol. The minimum atomic E-state index is -1.12. The summed E-state index contributed by atoms with van der Waals surface area (Å²) in [5.74, 6) is -2.04. The fourth-order valence-electron chi connectivity index (χ4n) is 2.11. The van der Waals surface area contributed by atoms with Crippen LogP contribution in [-0.2, 0) is 4.79 Å². The van der Waals surface area contributed by atoms with E-state index in [1.54, 1.807) is 13.0 Å². The quantitative estimate of drug-likeness (QED) is 0.747. The number of carboxylic acid groups (broad SMARTS) is 2. The third kappa shape index (κ3) is 7.57. The van der Waals surface area contributed by atoms with Crippen LogP contribution in [0.1, 0.15) is 51.6 Å². The van der Waals surface area contributed by atoms with Gasteiger partial charge in [-0.15, -0.1) is 0 Å². The highest BCUT2D eigenvalue weighted by Crippen LogP contribution is 2.09. The summed E-state index contributed by atoms with van der Waals surface area (Å²) in [5, 5.41) is 17.2. The highest BCUT2D eigenvalue weighted by Gasteiger charge is 2.09. The molecule has 136 valence electrons. The molecule has 0 unspecified atom stereocenters. The smallest absolute Gasteiger partial charge is 0.335 e. The maximum atomic E-state index is 11.1. The van der Waals surface area contributed by atoms with Gasteiger partial charge < -0.3 is 10.2 Å². The van der Waals surface area contributed by atoms with E-state index in [2.05, 4.69) is 0 Å². The van der Waals surface area contributed by atoms with Crippen LogP contribution in [0.3, 0.4) is 0 Å². The van der Waals surface area contributed by atoms with Crippen molar-refractivity contribution in [3.05, 3.63) is 76.9 Å². The van der Waals surface area contributed by atoms with Crippen molar-refractivity contribution in [3.63, 3.8) is 0 Å². The van der Waals surface area contributed by atoms with E-state index >= 15 is 0 Å². The molecule has 0 aliphatic carbocycles. The molecule has 0 saturated heterocycles. The van der Waals surface area contributed by atoms with Crippen molar-refractivity contribution < 1.29 is 24.6 Å². The van der Waals surface area contributed by atoms with Gasteiger partial charge in [0.2, 0.25) is 0 Å². The van der Waals surface area contributed by atoms with Crippen LogP contribution < -0.4 is 0 Å². The van der Waals surface area contributed by atoms with Gasteiger partial charge in [-0.25, -0.2) is 9.59 Å². The van der Waals surface area contributed by atoms with Crippen molar-refractivity contribution in [2.45, 2.75) is 26.7 Å². The molecule has 0 amide bonds. The summed E-state index contributed by atoms with van der Waals surface area (Å²) in [5.41, 5.74) is 1.69. The lowest BCUT2D eigenvalue weighted by molar-refractivity contribution is -0.114. The number of carboxylic acids is 2. The Kier molecular flexibility index (Phi) is 8.50. The predicted molar refractivity (Wildman–Crippen MR) is 100 cm³/mol. The van der Waals surface area contributed by atoms with E-state index in [1.807, 2.05) is 43.3 Å². The maximum Gasteiger partial charge on any atom is 0.335 e. The van der Waals surface area contributed by atoms with Gasteiger partial charge >= 0.3 is 11.9 Å². The molecule has 0 aliphatic rings. The van der Waals surface area contributed by atoms with E-state index in [1.165, 1.54) is 12.1 Å². The van der Waals surface area contributed by atoms with Gasteiger partial charge in [0.1, 0.15) is 0 Å². The van der Waals surface area contributed by atoms with Crippen LogP contribution >= 0.6 is 0 Å². The average Bonchev–Trinajstić information content (AvgIpc) is 2.61. The van der Waals surface area contributed by atoms with Gasteiger partial charge in [0, 0.05) is 6.42 Å². The third-order valence-corrected chi connectivity index (χ3v) is 3.33. The Morgan fingerprint density at radius 2 is 1.46 bits per heavy atom. The van der Waals surface area contributed by atoms with Crippen LogP contribution in [0, 0.1) is 6.92 Å². The number of allylic oxidation sites excluding steroid dienone is 1. The largest absolute Gasteiger partial charge is 0.478 e. The topological polar surface area (TPSA) is 91.7 Å². The van der Waals surface area contributed by atoms with Gasteiger partial charge in [-0.3, -0.25) is 4.79 Å². The highest BCUT2D eigenvalue weighted by molar-refractivity contribution is 5.94. The van der Waals surface area contributed by atoms with E-state index in [0.29, 0.717) is 12.0 Å². The molecule has 2 N–H and O–H groups in total. The van der Waals surface area contributed by atoms with Gasteiger partial charge in [-0.05, 0) is 48.7 Å². The lowest BCUT2D eigenvalue weighted by Gasteiger charge is -1.99.